The van der Waals surface area contributed by atoms with E-state index in [1.807, 2.05) is 27.7 Å². The van der Waals surface area contributed by atoms with Crippen molar-refractivity contribution < 1.29 is 13.9 Å². The fourth-order valence-electron chi connectivity index (χ4n) is 1.25. The molecule has 0 saturated heterocycles. The number of halogens is 1. The summed E-state index contributed by atoms with van der Waals surface area (Å²) in [7, 11) is 0. The van der Waals surface area contributed by atoms with Gasteiger partial charge in [0.05, 0.1) is 12.2 Å². The van der Waals surface area contributed by atoms with E-state index in [0.717, 1.165) is 0 Å². The predicted molar refractivity (Wildman–Crippen MR) is 68.1 cm³/mol. The molecule has 0 atom stereocenters. The average molecular weight is 240 g/mol. The zero-order valence-electron chi connectivity index (χ0n) is 10.9. The smallest absolute Gasteiger partial charge is 0.193 e. The van der Waals surface area contributed by atoms with Crippen LogP contribution < -0.4 is 0 Å². The molecule has 0 bridgehead atoms. The minimum Gasteiger partial charge on any atom is -0.376 e. The topological polar surface area (TPSA) is 26.3 Å². The molecule has 0 amide bonds. The number of carbonyl (C=O) groups is 1. The second-order valence-corrected chi connectivity index (χ2v) is 4.16. The second-order valence-electron chi connectivity index (χ2n) is 4.16. The number of ether oxygens (including phenoxy) is 1. The van der Waals surface area contributed by atoms with Gasteiger partial charge in [-0.3, -0.25) is 4.79 Å². The number of hydrogen-bond acceptors (Lipinski definition) is 2. The molecule has 0 saturated carbocycles. The van der Waals surface area contributed by atoms with Crippen molar-refractivity contribution in [1.82, 2.24) is 0 Å². The Labute approximate surface area is 103 Å². The standard InChI is InChI=1S/C8H7FO.C6H14O/c9-6-8(10)7-4-2-1-3-5-7;1-5(2)7-6(3)4/h1-5H,6H2;5-6H,1-4H3. The number of carbonyl (C=O) groups excluding carboxylic acids is 1. The van der Waals surface area contributed by atoms with Crippen molar-refractivity contribution in [2.45, 2.75) is 39.9 Å². The molecule has 1 aromatic rings. The van der Waals surface area contributed by atoms with Gasteiger partial charge in [-0.05, 0) is 27.7 Å². The monoisotopic (exact) mass is 240 g/mol. The SMILES string of the molecule is CC(C)OC(C)C.O=C(CF)c1ccccc1. The summed E-state index contributed by atoms with van der Waals surface area (Å²) in [6, 6.07) is 8.41. The molecule has 0 aliphatic carbocycles. The first-order chi connectivity index (χ1) is 7.97. The Balaban J connectivity index is 0.000000325. The second kappa shape index (κ2) is 8.88. The van der Waals surface area contributed by atoms with Crippen molar-refractivity contribution in [2.75, 3.05) is 6.67 Å². The number of rotatable bonds is 4. The van der Waals surface area contributed by atoms with Gasteiger partial charge < -0.3 is 4.74 Å². The molecule has 0 fully saturated rings. The Morgan fingerprint density at radius 2 is 1.59 bits per heavy atom. The molecule has 0 spiro atoms. The van der Waals surface area contributed by atoms with Crippen LogP contribution in [0.3, 0.4) is 0 Å². The van der Waals surface area contributed by atoms with Gasteiger partial charge in [0.25, 0.3) is 0 Å². The lowest BCUT2D eigenvalue weighted by Gasteiger charge is -2.09. The Hall–Kier alpha value is -1.22. The zero-order valence-corrected chi connectivity index (χ0v) is 10.9. The lowest BCUT2D eigenvalue weighted by atomic mass is 10.1. The third-order valence-electron chi connectivity index (χ3n) is 1.76. The summed E-state index contributed by atoms with van der Waals surface area (Å²) in [5.41, 5.74) is 0.435. The molecule has 96 valence electrons. The van der Waals surface area contributed by atoms with Gasteiger partial charge in [0.1, 0.15) is 0 Å². The summed E-state index contributed by atoms with van der Waals surface area (Å²) in [6.45, 7) is 7.25. The Kier molecular flexibility index (Phi) is 8.24. The van der Waals surface area contributed by atoms with E-state index in [4.69, 9.17) is 4.74 Å². The van der Waals surface area contributed by atoms with Crippen LogP contribution in [0.25, 0.3) is 0 Å². The highest BCUT2D eigenvalue weighted by Crippen LogP contribution is 1.99. The van der Waals surface area contributed by atoms with E-state index >= 15 is 0 Å². The minimum absolute atomic E-state index is 0.375. The van der Waals surface area contributed by atoms with Crippen LogP contribution in [-0.2, 0) is 4.74 Å². The molecule has 0 aliphatic rings. The summed E-state index contributed by atoms with van der Waals surface area (Å²) in [5, 5.41) is 0. The molecule has 1 rings (SSSR count). The number of Topliss-reactive ketones (excluding diaryl/α,β-unsaturated/α-hetero) is 1. The molecule has 2 nitrogen and oxygen atoms in total. The largest absolute Gasteiger partial charge is 0.376 e. The lowest BCUT2D eigenvalue weighted by Crippen LogP contribution is -2.09. The van der Waals surface area contributed by atoms with Crippen LogP contribution in [0, 0.1) is 0 Å². The van der Waals surface area contributed by atoms with Gasteiger partial charge in [0, 0.05) is 5.56 Å². The Bertz CT molecular complexity index is 301. The number of alkyl halides is 1. The highest BCUT2D eigenvalue weighted by molar-refractivity contribution is 5.96. The van der Waals surface area contributed by atoms with E-state index in [1.54, 1.807) is 30.3 Å². The molecule has 0 radical (unpaired) electrons. The van der Waals surface area contributed by atoms with Gasteiger partial charge >= 0.3 is 0 Å². The first kappa shape index (κ1) is 15.8. The van der Waals surface area contributed by atoms with Crippen LogP contribution in [0.1, 0.15) is 38.1 Å². The zero-order chi connectivity index (χ0) is 13.3. The van der Waals surface area contributed by atoms with E-state index < -0.39 is 12.5 Å². The first-order valence-electron chi connectivity index (χ1n) is 5.77. The predicted octanol–water partition coefficient (Wildman–Crippen LogP) is 3.66. The molecule has 0 unspecified atom stereocenters. The fraction of sp³-hybridized carbons (Fsp3) is 0.500. The first-order valence-corrected chi connectivity index (χ1v) is 5.77. The molecule has 3 heteroatoms. The van der Waals surface area contributed by atoms with Gasteiger partial charge in [-0.15, -0.1) is 0 Å². The highest BCUT2D eigenvalue weighted by atomic mass is 19.1. The fourth-order valence-corrected chi connectivity index (χ4v) is 1.25. The van der Waals surface area contributed by atoms with Gasteiger partial charge in [-0.1, -0.05) is 30.3 Å². The Morgan fingerprint density at radius 3 is 1.88 bits per heavy atom. The molecular weight excluding hydrogens is 219 g/mol. The summed E-state index contributed by atoms with van der Waals surface area (Å²) < 4.78 is 17.0. The van der Waals surface area contributed by atoms with Crippen LogP contribution in [0.4, 0.5) is 4.39 Å². The third-order valence-corrected chi connectivity index (χ3v) is 1.76. The quantitative estimate of drug-likeness (QED) is 0.751. The van der Waals surface area contributed by atoms with Crippen molar-refractivity contribution >= 4 is 5.78 Å². The van der Waals surface area contributed by atoms with E-state index in [1.165, 1.54) is 0 Å². The molecule has 17 heavy (non-hydrogen) atoms. The van der Waals surface area contributed by atoms with Crippen molar-refractivity contribution in [1.29, 1.82) is 0 Å². The van der Waals surface area contributed by atoms with Gasteiger partial charge in [0.2, 0.25) is 0 Å². The van der Waals surface area contributed by atoms with E-state index in [0.29, 0.717) is 17.8 Å². The summed E-state index contributed by atoms with van der Waals surface area (Å²) >= 11 is 0. The molecule has 0 aromatic heterocycles. The van der Waals surface area contributed by atoms with Crippen molar-refractivity contribution in [3.8, 4) is 0 Å². The molecule has 0 N–H and O–H groups in total. The van der Waals surface area contributed by atoms with Crippen LogP contribution >= 0.6 is 0 Å². The third kappa shape index (κ3) is 8.57. The summed E-state index contributed by atoms with van der Waals surface area (Å²) in [6.07, 6.45) is 0.750. The molecule has 0 aliphatic heterocycles. The summed E-state index contributed by atoms with van der Waals surface area (Å²) in [5.74, 6) is -0.458. The minimum atomic E-state index is -0.913. The van der Waals surface area contributed by atoms with Crippen molar-refractivity contribution in [3.05, 3.63) is 35.9 Å². The van der Waals surface area contributed by atoms with Crippen LogP contribution in [0.15, 0.2) is 30.3 Å². The molecule has 0 heterocycles. The van der Waals surface area contributed by atoms with E-state index in [2.05, 4.69) is 0 Å². The number of benzene rings is 1. The van der Waals surface area contributed by atoms with Gasteiger partial charge in [0.15, 0.2) is 12.5 Å². The average Bonchev–Trinajstić information content (AvgIpc) is 2.28. The normalized spacial score (nSPS) is 10.1. The van der Waals surface area contributed by atoms with E-state index in [9.17, 15) is 9.18 Å². The Morgan fingerprint density at radius 1 is 1.12 bits per heavy atom. The maximum atomic E-state index is 11.7. The number of hydrogen-bond donors (Lipinski definition) is 0. The van der Waals surface area contributed by atoms with Crippen LogP contribution in [0.2, 0.25) is 0 Å². The number of ketones is 1. The van der Waals surface area contributed by atoms with Crippen LogP contribution in [-0.4, -0.2) is 24.7 Å². The van der Waals surface area contributed by atoms with Gasteiger partial charge in [-0.2, -0.15) is 0 Å². The van der Waals surface area contributed by atoms with E-state index in [-0.39, 0.29) is 0 Å². The van der Waals surface area contributed by atoms with Crippen LogP contribution in [0.5, 0.6) is 0 Å². The highest BCUT2D eigenvalue weighted by Gasteiger charge is 2.01. The van der Waals surface area contributed by atoms with Crippen molar-refractivity contribution in [2.24, 2.45) is 0 Å². The molecule has 1 aromatic carbocycles. The lowest BCUT2D eigenvalue weighted by molar-refractivity contribution is 0.0300. The summed E-state index contributed by atoms with van der Waals surface area (Å²) in [4.78, 5) is 10.6. The maximum Gasteiger partial charge on any atom is 0.193 e. The molecular formula is C14H21FO2. The van der Waals surface area contributed by atoms with Gasteiger partial charge in [-0.25, -0.2) is 4.39 Å². The van der Waals surface area contributed by atoms with Crippen molar-refractivity contribution in [3.63, 3.8) is 0 Å². The maximum absolute atomic E-state index is 11.7.